The normalized spacial score (nSPS) is 16.7. The van der Waals surface area contributed by atoms with Crippen molar-refractivity contribution in [2.24, 2.45) is 0 Å². The summed E-state index contributed by atoms with van der Waals surface area (Å²) < 4.78 is 15.4. The van der Waals surface area contributed by atoms with Gasteiger partial charge in [0.05, 0.1) is 10.2 Å². The predicted octanol–water partition coefficient (Wildman–Crippen LogP) is 3.20. The smallest absolute Gasteiger partial charge is 0.323 e. The number of aliphatic hydroxyl groups is 1. The molecule has 0 saturated carbocycles. The zero-order valence-electron chi connectivity index (χ0n) is 17.1. The summed E-state index contributed by atoms with van der Waals surface area (Å²) in [5, 5.41) is 21.8. The van der Waals surface area contributed by atoms with Crippen molar-refractivity contribution in [1.82, 2.24) is 14.9 Å². The number of aryl methyl sites for hydroxylation is 1. The van der Waals surface area contributed by atoms with Gasteiger partial charge in [0.2, 0.25) is 0 Å². The average molecular weight is 446 g/mol. The summed E-state index contributed by atoms with van der Waals surface area (Å²) in [6.45, 7) is 3.30. The fourth-order valence-corrected chi connectivity index (χ4v) is 4.58. The Balaban J connectivity index is 1.39. The number of thiazole rings is 1. The number of phenols is 1. The van der Waals surface area contributed by atoms with Gasteiger partial charge in [-0.2, -0.15) is 0 Å². The molecule has 3 heterocycles. The topological polar surface area (TPSA) is 102 Å². The summed E-state index contributed by atoms with van der Waals surface area (Å²) in [5.74, 6) is 0.0467. The third kappa shape index (κ3) is 4.70. The van der Waals surface area contributed by atoms with E-state index in [1.165, 1.54) is 17.4 Å². The fraction of sp³-hybridized carbons (Fsp3) is 0.381. The average Bonchev–Trinajstić information content (AvgIpc) is 3.14. The van der Waals surface area contributed by atoms with Crippen LogP contribution in [0.1, 0.15) is 18.9 Å². The number of rotatable bonds is 5. The second-order valence-corrected chi connectivity index (χ2v) is 8.60. The van der Waals surface area contributed by atoms with Crippen molar-refractivity contribution in [3.05, 3.63) is 41.8 Å². The number of carbonyl (C=O) groups excluding carboxylic acids is 1. The largest absolute Gasteiger partial charge is 0.508 e. The summed E-state index contributed by atoms with van der Waals surface area (Å²) in [6.07, 6.45) is 2.79. The molecule has 1 aromatic carbocycles. The van der Waals surface area contributed by atoms with E-state index in [1.54, 1.807) is 29.3 Å². The maximum atomic E-state index is 14.6. The number of carbonyl (C=O) groups is 1. The van der Waals surface area contributed by atoms with Gasteiger partial charge in [-0.1, -0.05) is 11.3 Å². The highest BCUT2D eigenvalue weighted by atomic mass is 32.1. The summed E-state index contributed by atoms with van der Waals surface area (Å²) in [6, 6.07) is 5.96. The van der Waals surface area contributed by atoms with Gasteiger partial charge in [0.25, 0.3) is 0 Å². The number of aromatic hydroxyl groups is 1. The van der Waals surface area contributed by atoms with Crippen molar-refractivity contribution in [1.29, 1.82) is 0 Å². The molecule has 0 aliphatic carbocycles. The van der Waals surface area contributed by atoms with Crippen molar-refractivity contribution in [2.75, 3.05) is 36.5 Å². The molecular weight excluding hydrogens is 421 g/mol. The Hall–Kier alpha value is -2.98. The van der Waals surface area contributed by atoms with Gasteiger partial charge in [-0.05, 0) is 49.6 Å². The maximum absolute atomic E-state index is 14.6. The van der Waals surface area contributed by atoms with Gasteiger partial charge in [-0.25, -0.2) is 19.2 Å². The van der Waals surface area contributed by atoms with Crippen LogP contribution in [0.5, 0.6) is 5.75 Å². The molecule has 1 unspecified atom stereocenters. The number of hydrogen-bond acceptors (Lipinski definition) is 7. The summed E-state index contributed by atoms with van der Waals surface area (Å²) in [4.78, 5) is 24.9. The number of nitrogens with one attached hydrogen (secondary N) is 1. The Labute approximate surface area is 183 Å². The minimum absolute atomic E-state index is 0.0594. The fourth-order valence-electron chi connectivity index (χ4n) is 3.70. The number of nitrogens with zero attached hydrogens (tertiary/aromatic N) is 4. The molecular formula is C21H24FN5O3S. The van der Waals surface area contributed by atoms with Crippen LogP contribution in [0, 0.1) is 5.82 Å². The first-order valence-corrected chi connectivity index (χ1v) is 10.9. The molecule has 1 atom stereocenters. The number of hydrogen-bond donors (Lipinski definition) is 3. The highest BCUT2D eigenvalue weighted by Gasteiger charge is 2.29. The lowest BCUT2D eigenvalue weighted by molar-refractivity contribution is 0.199. The van der Waals surface area contributed by atoms with Crippen LogP contribution >= 0.6 is 11.3 Å². The molecule has 1 fully saturated rings. The zero-order chi connectivity index (χ0) is 22.0. The standard InChI is InChI=1S/C21H24FN5O3S/c1-13-12-26(21(30)25-20-24-17-5-4-15(29)10-18(17)31-20)6-7-27(13)19-16(22)9-14(11-23-19)3-2-8-28/h4-5,9-11,13,28-29H,2-3,6-8,12H2,1H3,(H,24,25,30). The molecule has 31 heavy (non-hydrogen) atoms. The number of anilines is 2. The molecule has 4 rings (SSSR count). The van der Waals surface area contributed by atoms with E-state index in [2.05, 4.69) is 15.3 Å². The highest BCUT2D eigenvalue weighted by molar-refractivity contribution is 7.22. The zero-order valence-corrected chi connectivity index (χ0v) is 17.9. The van der Waals surface area contributed by atoms with E-state index in [4.69, 9.17) is 5.11 Å². The molecule has 8 nitrogen and oxygen atoms in total. The second kappa shape index (κ2) is 9.03. The third-order valence-electron chi connectivity index (χ3n) is 5.27. The van der Waals surface area contributed by atoms with Crippen LogP contribution in [0.2, 0.25) is 0 Å². The SMILES string of the molecule is CC1CN(C(=O)Nc2nc3ccc(O)cc3s2)CCN1c1ncc(CCCO)cc1F. The Bertz CT molecular complexity index is 1090. The van der Waals surface area contributed by atoms with Gasteiger partial charge in [0.15, 0.2) is 16.8 Å². The lowest BCUT2D eigenvalue weighted by atomic mass is 10.1. The summed E-state index contributed by atoms with van der Waals surface area (Å²) in [7, 11) is 0. The number of phenolic OH excluding ortho intramolecular Hbond substituents is 1. The van der Waals surface area contributed by atoms with E-state index in [0.29, 0.717) is 43.1 Å². The number of piperazine rings is 1. The first kappa shape index (κ1) is 21.3. The third-order valence-corrected chi connectivity index (χ3v) is 6.21. The van der Waals surface area contributed by atoms with E-state index in [1.807, 2.05) is 11.8 Å². The molecule has 0 radical (unpaired) electrons. The highest BCUT2D eigenvalue weighted by Crippen LogP contribution is 2.29. The van der Waals surface area contributed by atoms with Crippen LogP contribution in [-0.4, -0.2) is 63.4 Å². The van der Waals surface area contributed by atoms with Crippen LogP contribution in [0.4, 0.5) is 20.1 Å². The number of aromatic nitrogens is 2. The molecule has 0 bridgehead atoms. The van der Waals surface area contributed by atoms with Crippen LogP contribution in [0.3, 0.4) is 0 Å². The molecule has 3 N–H and O–H groups in total. The summed E-state index contributed by atoms with van der Waals surface area (Å²) in [5.41, 5.74) is 1.46. The molecule has 0 spiro atoms. The lowest BCUT2D eigenvalue weighted by Gasteiger charge is -2.40. The predicted molar refractivity (Wildman–Crippen MR) is 118 cm³/mol. The maximum Gasteiger partial charge on any atom is 0.323 e. The molecule has 2 aromatic heterocycles. The van der Waals surface area contributed by atoms with Crippen LogP contribution < -0.4 is 10.2 Å². The molecule has 1 aliphatic heterocycles. The summed E-state index contributed by atoms with van der Waals surface area (Å²) >= 11 is 1.30. The van der Waals surface area contributed by atoms with Crippen LogP contribution in [0.15, 0.2) is 30.5 Å². The molecule has 10 heteroatoms. The first-order valence-electron chi connectivity index (χ1n) is 10.1. The minimum Gasteiger partial charge on any atom is -0.508 e. The van der Waals surface area contributed by atoms with Crippen molar-refractivity contribution in [2.45, 2.75) is 25.8 Å². The molecule has 1 saturated heterocycles. The number of benzene rings is 1. The van der Waals surface area contributed by atoms with Gasteiger partial charge in [0.1, 0.15) is 5.75 Å². The number of fused-ring (bicyclic) bond motifs is 1. The second-order valence-electron chi connectivity index (χ2n) is 7.57. The van der Waals surface area contributed by atoms with Gasteiger partial charge < -0.3 is 20.0 Å². The number of urea groups is 1. The van der Waals surface area contributed by atoms with Crippen molar-refractivity contribution >= 4 is 38.5 Å². The van der Waals surface area contributed by atoms with E-state index in [0.717, 1.165) is 10.3 Å². The minimum atomic E-state index is -0.391. The van der Waals surface area contributed by atoms with Gasteiger partial charge in [0, 0.05) is 38.5 Å². The van der Waals surface area contributed by atoms with Gasteiger partial charge >= 0.3 is 6.03 Å². The number of aliphatic hydroxyl groups excluding tert-OH is 1. The molecule has 2 amide bonds. The molecule has 1 aliphatic rings. The molecule has 164 valence electrons. The van der Waals surface area contributed by atoms with E-state index >= 15 is 0 Å². The van der Waals surface area contributed by atoms with Crippen molar-refractivity contribution < 1.29 is 19.4 Å². The van der Waals surface area contributed by atoms with E-state index in [9.17, 15) is 14.3 Å². The van der Waals surface area contributed by atoms with Crippen LogP contribution in [0.25, 0.3) is 10.2 Å². The Morgan fingerprint density at radius 1 is 1.35 bits per heavy atom. The first-order chi connectivity index (χ1) is 14.9. The number of halogens is 1. The number of amides is 2. The van der Waals surface area contributed by atoms with Crippen molar-refractivity contribution in [3.8, 4) is 5.75 Å². The Morgan fingerprint density at radius 2 is 2.19 bits per heavy atom. The number of pyridine rings is 1. The van der Waals surface area contributed by atoms with Gasteiger partial charge in [-0.15, -0.1) is 0 Å². The quantitative estimate of drug-likeness (QED) is 0.558. The Kier molecular flexibility index (Phi) is 6.19. The van der Waals surface area contributed by atoms with Gasteiger partial charge in [-0.3, -0.25) is 5.32 Å². The van der Waals surface area contributed by atoms with Crippen molar-refractivity contribution in [3.63, 3.8) is 0 Å². The monoisotopic (exact) mass is 445 g/mol. The molecule has 3 aromatic rings. The Morgan fingerprint density at radius 3 is 2.94 bits per heavy atom. The van der Waals surface area contributed by atoms with E-state index < -0.39 is 5.82 Å². The van der Waals surface area contributed by atoms with E-state index in [-0.39, 0.29) is 30.2 Å². The van der Waals surface area contributed by atoms with Crippen LogP contribution in [-0.2, 0) is 6.42 Å². The lowest BCUT2D eigenvalue weighted by Crippen LogP contribution is -2.55.